The van der Waals surface area contributed by atoms with Gasteiger partial charge in [0.15, 0.2) is 0 Å². The third kappa shape index (κ3) is 2.30. The summed E-state index contributed by atoms with van der Waals surface area (Å²) < 4.78 is 6.03. The van der Waals surface area contributed by atoms with Crippen molar-refractivity contribution in [3.63, 3.8) is 0 Å². The third-order valence-electron chi connectivity index (χ3n) is 2.56. The Bertz CT molecular complexity index is 402. The number of anilines is 1. The van der Waals surface area contributed by atoms with Gasteiger partial charge in [-0.05, 0) is 34.7 Å². The van der Waals surface area contributed by atoms with Gasteiger partial charge < -0.3 is 14.7 Å². The second-order valence-electron chi connectivity index (χ2n) is 3.54. The topological polar surface area (TPSA) is 49.8 Å². The van der Waals surface area contributed by atoms with E-state index < -0.39 is 5.97 Å². The summed E-state index contributed by atoms with van der Waals surface area (Å²) in [5.41, 5.74) is 1.19. The van der Waals surface area contributed by atoms with Gasteiger partial charge >= 0.3 is 5.97 Å². The molecular weight excluding hydrogens is 321 g/mol. The van der Waals surface area contributed by atoms with Crippen LogP contribution in [-0.2, 0) is 4.74 Å². The number of aromatic carboxylic acids is 1. The van der Waals surface area contributed by atoms with Crippen molar-refractivity contribution in [3.8, 4) is 0 Å². The minimum atomic E-state index is -0.869. The molecule has 5 heteroatoms. The summed E-state index contributed by atoms with van der Waals surface area (Å²) in [5.74, 6) is -0.869. The SMILES string of the molecule is O=C(O)c1c(I)cccc1N1CCOCC1. The van der Waals surface area contributed by atoms with Gasteiger partial charge in [-0.2, -0.15) is 0 Å². The fourth-order valence-electron chi connectivity index (χ4n) is 1.79. The first-order valence-electron chi connectivity index (χ1n) is 5.04. The zero-order chi connectivity index (χ0) is 11.5. The molecule has 86 valence electrons. The second kappa shape index (κ2) is 5.01. The van der Waals surface area contributed by atoms with E-state index >= 15 is 0 Å². The molecule has 0 unspecified atom stereocenters. The van der Waals surface area contributed by atoms with Crippen LogP contribution in [0, 0.1) is 3.57 Å². The highest BCUT2D eigenvalue weighted by Gasteiger charge is 2.20. The van der Waals surface area contributed by atoms with Crippen molar-refractivity contribution < 1.29 is 14.6 Å². The molecule has 1 aromatic carbocycles. The number of nitrogens with zero attached hydrogens (tertiary/aromatic N) is 1. The van der Waals surface area contributed by atoms with Crippen LogP contribution in [0.15, 0.2) is 18.2 Å². The first kappa shape index (κ1) is 11.7. The molecule has 1 N–H and O–H groups in total. The number of hydrogen-bond donors (Lipinski definition) is 1. The number of rotatable bonds is 2. The lowest BCUT2D eigenvalue weighted by Gasteiger charge is -2.30. The molecule has 1 fully saturated rings. The van der Waals surface area contributed by atoms with E-state index in [1.807, 2.05) is 18.2 Å². The maximum atomic E-state index is 11.2. The van der Waals surface area contributed by atoms with Crippen molar-refractivity contribution in [2.45, 2.75) is 0 Å². The Morgan fingerprint density at radius 2 is 2.06 bits per heavy atom. The fourth-order valence-corrected chi connectivity index (χ4v) is 2.51. The zero-order valence-electron chi connectivity index (χ0n) is 8.65. The predicted octanol–water partition coefficient (Wildman–Crippen LogP) is 1.83. The molecule has 0 atom stereocenters. The Morgan fingerprint density at radius 1 is 1.38 bits per heavy atom. The quantitative estimate of drug-likeness (QED) is 0.839. The van der Waals surface area contributed by atoms with Gasteiger partial charge in [-0.1, -0.05) is 6.07 Å². The number of morpholine rings is 1. The highest BCUT2D eigenvalue weighted by Crippen LogP contribution is 2.26. The van der Waals surface area contributed by atoms with Crippen LogP contribution in [0.4, 0.5) is 5.69 Å². The van der Waals surface area contributed by atoms with Crippen LogP contribution in [-0.4, -0.2) is 37.4 Å². The van der Waals surface area contributed by atoms with Crippen LogP contribution < -0.4 is 4.90 Å². The van der Waals surface area contributed by atoms with Crippen LogP contribution in [0.2, 0.25) is 0 Å². The molecule has 0 aliphatic carbocycles. The van der Waals surface area contributed by atoms with E-state index in [9.17, 15) is 9.90 Å². The van der Waals surface area contributed by atoms with E-state index in [0.29, 0.717) is 18.8 Å². The van der Waals surface area contributed by atoms with Crippen molar-refractivity contribution >= 4 is 34.2 Å². The van der Waals surface area contributed by atoms with Gasteiger partial charge in [0.2, 0.25) is 0 Å². The number of carbonyl (C=O) groups is 1. The van der Waals surface area contributed by atoms with Crippen molar-refractivity contribution in [3.05, 3.63) is 27.3 Å². The molecule has 4 nitrogen and oxygen atoms in total. The monoisotopic (exact) mass is 333 g/mol. The van der Waals surface area contributed by atoms with Crippen LogP contribution in [0.3, 0.4) is 0 Å². The molecule has 0 amide bonds. The average Bonchev–Trinajstić information content (AvgIpc) is 2.29. The number of carboxylic acids is 1. The highest BCUT2D eigenvalue weighted by atomic mass is 127. The Balaban J connectivity index is 2.38. The van der Waals surface area contributed by atoms with Crippen molar-refractivity contribution in [1.82, 2.24) is 0 Å². The van der Waals surface area contributed by atoms with Gasteiger partial charge in [0.05, 0.1) is 24.5 Å². The molecule has 0 saturated carbocycles. The van der Waals surface area contributed by atoms with E-state index in [4.69, 9.17) is 4.74 Å². The summed E-state index contributed by atoms with van der Waals surface area (Å²) in [4.78, 5) is 13.3. The molecular formula is C11H12INO3. The van der Waals surface area contributed by atoms with Gasteiger partial charge in [-0.3, -0.25) is 0 Å². The molecule has 1 aliphatic heterocycles. The number of benzene rings is 1. The van der Waals surface area contributed by atoms with Gasteiger partial charge in [0, 0.05) is 16.7 Å². The first-order valence-corrected chi connectivity index (χ1v) is 6.12. The summed E-state index contributed by atoms with van der Waals surface area (Å²) in [6.07, 6.45) is 0. The summed E-state index contributed by atoms with van der Waals surface area (Å²) in [7, 11) is 0. The van der Waals surface area contributed by atoms with E-state index in [1.165, 1.54) is 0 Å². The lowest BCUT2D eigenvalue weighted by molar-refractivity contribution is 0.0695. The summed E-state index contributed by atoms with van der Waals surface area (Å²) >= 11 is 2.06. The zero-order valence-corrected chi connectivity index (χ0v) is 10.8. The number of hydrogen-bond acceptors (Lipinski definition) is 3. The number of ether oxygens (including phenoxy) is 1. The van der Waals surface area contributed by atoms with E-state index in [2.05, 4.69) is 27.5 Å². The summed E-state index contributed by atoms with van der Waals surface area (Å²) in [5, 5.41) is 9.21. The molecule has 0 spiro atoms. The molecule has 0 bridgehead atoms. The van der Waals surface area contributed by atoms with Gasteiger partial charge in [-0.25, -0.2) is 4.79 Å². The smallest absolute Gasteiger partial charge is 0.338 e. The Kier molecular flexibility index (Phi) is 3.65. The van der Waals surface area contributed by atoms with Crippen LogP contribution >= 0.6 is 22.6 Å². The lowest BCUT2D eigenvalue weighted by Crippen LogP contribution is -2.37. The maximum absolute atomic E-state index is 11.2. The molecule has 0 radical (unpaired) electrons. The first-order chi connectivity index (χ1) is 7.70. The van der Waals surface area contributed by atoms with Gasteiger partial charge in [0.25, 0.3) is 0 Å². The molecule has 0 aromatic heterocycles. The van der Waals surface area contributed by atoms with Gasteiger partial charge in [0.1, 0.15) is 0 Å². The number of halogens is 1. The summed E-state index contributed by atoms with van der Waals surface area (Å²) in [6.45, 7) is 2.82. The van der Waals surface area contributed by atoms with Gasteiger partial charge in [-0.15, -0.1) is 0 Å². The average molecular weight is 333 g/mol. The van der Waals surface area contributed by atoms with E-state index in [1.54, 1.807) is 0 Å². The van der Waals surface area contributed by atoms with Crippen molar-refractivity contribution in [1.29, 1.82) is 0 Å². The minimum absolute atomic E-state index is 0.394. The summed E-state index contributed by atoms with van der Waals surface area (Å²) in [6, 6.07) is 5.56. The van der Waals surface area contributed by atoms with Crippen molar-refractivity contribution in [2.24, 2.45) is 0 Å². The largest absolute Gasteiger partial charge is 0.478 e. The highest BCUT2D eigenvalue weighted by molar-refractivity contribution is 14.1. The lowest BCUT2D eigenvalue weighted by atomic mass is 10.1. The number of carboxylic acid groups (broad SMARTS) is 1. The Labute approximate surface area is 107 Å². The molecule has 1 aliphatic rings. The van der Waals surface area contributed by atoms with E-state index in [-0.39, 0.29) is 0 Å². The molecule has 1 heterocycles. The Morgan fingerprint density at radius 3 is 2.69 bits per heavy atom. The standard InChI is InChI=1S/C11H12INO3/c12-8-2-1-3-9(10(8)11(14)15)13-4-6-16-7-5-13/h1-3H,4-7H2,(H,14,15). The maximum Gasteiger partial charge on any atom is 0.338 e. The van der Waals surface area contributed by atoms with Crippen LogP contribution in [0.25, 0.3) is 0 Å². The minimum Gasteiger partial charge on any atom is -0.478 e. The molecule has 2 rings (SSSR count). The normalized spacial score (nSPS) is 16.2. The van der Waals surface area contributed by atoms with Crippen LogP contribution in [0.1, 0.15) is 10.4 Å². The molecule has 1 saturated heterocycles. The van der Waals surface area contributed by atoms with Crippen molar-refractivity contribution in [2.75, 3.05) is 31.2 Å². The second-order valence-corrected chi connectivity index (χ2v) is 4.70. The Hall–Kier alpha value is -0.820. The van der Waals surface area contributed by atoms with Crippen LogP contribution in [0.5, 0.6) is 0 Å². The van der Waals surface area contributed by atoms with E-state index in [0.717, 1.165) is 22.3 Å². The fraction of sp³-hybridized carbons (Fsp3) is 0.364. The third-order valence-corrected chi connectivity index (χ3v) is 3.46. The predicted molar refractivity (Wildman–Crippen MR) is 69.2 cm³/mol. The molecule has 1 aromatic rings. The molecule has 16 heavy (non-hydrogen) atoms.